The zero-order valence-corrected chi connectivity index (χ0v) is 10.9. The Bertz CT molecular complexity index is 357. The van der Waals surface area contributed by atoms with E-state index in [1.165, 1.54) is 6.33 Å². The lowest BCUT2D eigenvalue weighted by Gasteiger charge is -2.20. The molecule has 96 valence electrons. The van der Waals surface area contributed by atoms with E-state index >= 15 is 0 Å². The molecule has 5 nitrogen and oxygen atoms in total. The van der Waals surface area contributed by atoms with Crippen molar-refractivity contribution in [3.63, 3.8) is 0 Å². The number of aromatic nitrogens is 2. The van der Waals surface area contributed by atoms with Crippen LogP contribution >= 0.6 is 11.6 Å². The normalized spacial score (nSPS) is 12.8. The average molecular weight is 259 g/mol. The molecule has 1 rings (SSSR count). The van der Waals surface area contributed by atoms with Gasteiger partial charge in [0.1, 0.15) is 12.0 Å². The molecule has 0 aliphatic carbocycles. The summed E-state index contributed by atoms with van der Waals surface area (Å²) in [5.74, 6) is 0.746. The molecule has 0 bridgehead atoms. The summed E-state index contributed by atoms with van der Waals surface area (Å²) in [7, 11) is 0. The van der Waals surface area contributed by atoms with Gasteiger partial charge in [0.25, 0.3) is 0 Å². The number of hydrogen-bond acceptors (Lipinski definition) is 5. The van der Waals surface area contributed by atoms with E-state index in [9.17, 15) is 5.11 Å². The molecule has 1 heterocycles. The largest absolute Gasteiger partial charge is 0.393 e. The highest BCUT2D eigenvalue weighted by atomic mass is 35.5. The van der Waals surface area contributed by atoms with Crippen molar-refractivity contribution in [3.8, 4) is 0 Å². The van der Waals surface area contributed by atoms with Crippen molar-refractivity contribution >= 4 is 23.1 Å². The van der Waals surface area contributed by atoms with Gasteiger partial charge in [0.05, 0.1) is 6.10 Å². The van der Waals surface area contributed by atoms with Gasteiger partial charge in [-0.15, -0.1) is 0 Å². The zero-order valence-electron chi connectivity index (χ0n) is 10.2. The van der Waals surface area contributed by atoms with Gasteiger partial charge >= 0.3 is 0 Å². The lowest BCUT2D eigenvalue weighted by atomic mass is 9.96. The summed E-state index contributed by atoms with van der Waals surface area (Å²) >= 11 is 5.77. The molecule has 0 saturated carbocycles. The number of aliphatic hydroxyl groups is 1. The number of nitrogens with two attached hydrogens (primary N) is 1. The third-order valence-electron chi connectivity index (χ3n) is 2.91. The molecule has 0 aromatic carbocycles. The van der Waals surface area contributed by atoms with Crippen LogP contribution in [0.25, 0.3) is 0 Å². The van der Waals surface area contributed by atoms with Crippen LogP contribution in [0.2, 0.25) is 5.15 Å². The van der Waals surface area contributed by atoms with Gasteiger partial charge in [0.2, 0.25) is 0 Å². The Morgan fingerprint density at radius 3 is 2.65 bits per heavy atom. The summed E-state index contributed by atoms with van der Waals surface area (Å²) in [5, 5.41) is 13.2. The fourth-order valence-electron chi connectivity index (χ4n) is 1.72. The Balaban J connectivity index is 2.58. The third-order valence-corrected chi connectivity index (χ3v) is 3.21. The maximum absolute atomic E-state index is 9.95. The smallest absolute Gasteiger partial charge is 0.157 e. The predicted octanol–water partition coefficient (Wildman–Crippen LogP) is 1.92. The minimum absolute atomic E-state index is 0.222. The fraction of sp³-hybridized carbons (Fsp3) is 0.636. The molecule has 0 aliphatic heterocycles. The summed E-state index contributed by atoms with van der Waals surface area (Å²) < 4.78 is 0. The topological polar surface area (TPSA) is 84.1 Å². The molecule has 0 saturated heterocycles. The number of nitrogens with one attached hydrogen (secondary N) is 1. The van der Waals surface area contributed by atoms with Crippen LogP contribution in [0.1, 0.15) is 26.7 Å². The van der Waals surface area contributed by atoms with E-state index in [4.69, 9.17) is 17.3 Å². The van der Waals surface area contributed by atoms with Gasteiger partial charge < -0.3 is 16.2 Å². The van der Waals surface area contributed by atoms with E-state index in [-0.39, 0.29) is 11.1 Å². The van der Waals surface area contributed by atoms with Crippen LogP contribution in [0.15, 0.2) is 6.33 Å². The molecule has 1 atom stereocenters. The highest BCUT2D eigenvalue weighted by Crippen LogP contribution is 2.22. The van der Waals surface area contributed by atoms with Crippen molar-refractivity contribution in [2.24, 2.45) is 5.92 Å². The third kappa shape index (κ3) is 3.71. The van der Waals surface area contributed by atoms with Gasteiger partial charge in [0.15, 0.2) is 11.0 Å². The summed E-state index contributed by atoms with van der Waals surface area (Å²) in [6.45, 7) is 4.53. The van der Waals surface area contributed by atoms with Crippen molar-refractivity contribution < 1.29 is 5.11 Å². The minimum Gasteiger partial charge on any atom is -0.393 e. The molecule has 0 spiro atoms. The van der Waals surface area contributed by atoms with E-state index < -0.39 is 6.10 Å². The van der Waals surface area contributed by atoms with Crippen LogP contribution < -0.4 is 11.1 Å². The molecular weight excluding hydrogens is 240 g/mol. The number of nitrogens with zero attached hydrogens (tertiary/aromatic N) is 2. The van der Waals surface area contributed by atoms with Gasteiger partial charge in [-0.05, 0) is 5.92 Å². The minimum atomic E-state index is -0.418. The number of halogens is 1. The molecule has 1 unspecified atom stereocenters. The Kier molecular flexibility index (Phi) is 5.44. The van der Waals surface area contributed by atoms with E-state index in [1.54, 1.807) is 0 Å². The second kappa shape index (κ2) is 6.61. The van der Waals surface area contributed by atoms with Gasteiger partial charge in [0, 0.05) is 6.54 Å². The fourth-order valence-corrected chi connectivity index (χ4v) is 1.85. The van der Waals surface area contributed by atoms with Gasteiger partial charge in [-0.25, -0.2) is 9.97 Å². The van der Waals surface area contributed by atoms with Crippen LogP contribution in [-0.2, 0) is 0 Å². The number of rotatable bonds is 6. The first-order valence-electron chi connectivity index (χ1n) is 5.78. The van der Waals surface area contributed by atoms with Gasteiger partial charge in [-0.3, -0.25) is 0 Å². The lowest BCUT2D eigenvalue weighted by Crippen LogP contribution is -2.28. The van der Waals surface area contributed by atoms with E-state index in [0.717, 1.165) is 12.8 Å². The first-order chi connectivity index (χ1) is 8.10. The Morgan fingerprint density at radius 1 is 1.41 bits per heavy atom. The average Bonchev–Trinajstić information content (AvgIpc) is 2.32. The van der Waals surface area contributed by atoms with Crippen molar-refractivity contribution in [3.05, 3.63) is 11.5 Å². The second-order valence-electron chi connectivity index (χ2n) is 3.95. The van der Waals surface area contributed by atoms with Crippen LogP contribution in [-0.4, -0.2) is 27.7 Å². The molecule has 0 fully saturated rings. The molecule has 17 heavy (non-hydrogen) atoms. The highest BCUT2D eigenvalue weighted by Gasteiger charge is 2.16. The first-order valence-corrected chi connectivity index (χ1v) is 6.15. The molecule has 6 heteroatoms. The van der Waals surface area contributed by atoms with Crippen molar-refractivity contribution in [2.75, 3.05) is 17.6 Å². The molecule has 4 N–H and O–H groups in total. The predicted molar refractivity (Wildman–Crippen MR) is 70.0 cm³/mol. The Morgan fingerprint density at radius 2 is 2.06 bits per heavy atom. The molecule has 0 amide bonds. The Labute approximate surface area is 106 Å². The van der Waals surface area contributed by atoms with Crippen molar-refractivity contribution in [1.82, 2.24) is 9.97 Å². The first kappa shape index (κ1) is 14.0. The summed E-state index contributed by atoms with van der Waals surface area (Å²) in [4.78, 5) is 7.74. The molecular formula is C11H19ClN4O. The molecule has 1 aromatic rings. The van der Waals surface area contributed by atoms with Crippen molar-refractivity contribution in [1.29, 1.82) is 0 Å². The molecule has 0 aliphatic rings. The monoisotopic (exact) mass is 258 g/mol. The van der Waals surface area contributed by atoms with Crippen LogP contribution in [0.3, 0.4) is 0 Å². The Hall–Kier alpha value is -1.07. The number of anilines is 2. The standard InChI is InChI=1S/C11H19ClN4O/c1-3-7(4-2)8(17)5-14-11-9(13)10(12)15-6-16-11/h6-8,17H,3-5,13H2,1-2H3,(H,14,15,16). The van der Waals surface area contributed by atoms with Crippen LogP contribution in [0.5, 0.6) is 0 Å². The quantitative estimate of drug-likeness (QED) is 0.679. The van der Waals surface area contributed by atoms with Gasteiger partial charge in [-0.2, -0.15) is 0 Å². The van der Waals surface area contributed by atoms with Crippen LogP contribution in [0, 0.1) is 5.92 Å². The highest BCUT2D eigenvalue weighted by molar-refractivity contribution is 6.32. The summed E-state index contributed by atoms with van der Waals surface area (Å²) in [6, 6.07) is 0. The second-order valence-corrected chi connectivity index (χ2v) is 4.31. The molecule has 1 aromatic heterocycles. The molecule has 0 radical (unpaired) electrons. The van der Waals surface area contributed by atoms with E-state index in [1.807, 2.05) is 0 Å². The van der Waals surface area contributed by atoms with E-state index in [2.05, 4.69) is 29.1 Å². The van der Waals surface area contributed by atoms with E-state index in [0.29, 0.717) is 18.1 Å². The number of hydrogen-bond donors (Lipinski definition) is 3. The summed E-state index contributed by atoms with van der Waals surface area (Å²) in [5.41, 5.74) is 6.02. The number of aliphatic hydroxyl groups excluding tert-OH is 1. The van der Waals surface area contributed by atoms with Gasteiger partial charge in [-0.1, -0.05) is 38.3 Å². The zero-order chi connectivity index (χ0) is 12.8. The maximum Gasteiger partial charge on any atom is 0.157 e. The summed E-state index contributed by atoms with van der Waals surface area (Å²) in [6.07, 6.45) is 2.81. The number of nitrogen functional groups attached to an aromatic ring is 1. The lowest BCUT2D eigenvalue weighted by molar-refractivity contribution is 0.114. The van der Waals surface area contributed by atoms with Crippen LogP contribution in [0.4, 0.5) is 11.5 Å². The van der Waals surface area contributed by atoms with Crippen molar-refractivity contribution in [2.45, 2.75) is 32.8 Å². The maximum atomic E-state index is 9.95. The SMILES string of the molecule is CCC(CC)C(O)CNc1ncnc(Cl)c1N.